The van der Waals surface area contributed by atoms with Gasteiger partial charge in [0.05, 0.1) is 23.7 Å². The summed E-state index contributed by atoms with van der Waals surface area (Å²) in [7, 11) is 1.62. The minimum atomic E-state index is -0.237. The first kappa shape index (κ1) is 23.8. The predicted octanol–water partition coefficient (Wildman–Crippen LogP) is 1.68. The minimum absolute atomic E-state index is 0.196. The maximum atomic E-state index is 13.3. The van der Waals surface area contributed by atoms with Crippen molar-refractivity contribution < 1.29 is 14.3 Å². The van der Waals surface area contributed by atoms with E-state index in [1.807, 2.05) is 6.07 Å². The minimum Gasteiger partial charge on any atom is -0.385 e. The zero-order valence-electron chi connectivity index (χ0n) is 18.5. The lowest BCUT2D eigenvalue weighted by Crippen LogP contribution is -2.39. The number of nitrogens with zero attached hydrogens (tertiary/aromatic N) is 4. The molecule has 1 N–H and O–H groups in total. The van der Waals surface area contributed by atoms with E-state index in [1.54, 1.807) is 36.4 Å². The largest absolute Gasteiger partial charge is 0.385 e. The van der Waals surface area contributed by atoms with Gasteiger partial charge >= 0.3 is 0 Å². The Morgan fingerprint density at radius 1 is 1.27 bits per heavy atom. The van der Waals surface area contributed by atoms with Gasteiger partial charge in [-0.25, -0.2) is 4.98 Å². The number of anilines is 1. The fraction of sp³-hybridized carbons (Fsp3) is 0.455. The molecule has 2 saturated heterocycles. The van der Waals surface area contributed by atoms with Gasteiger partial charge in [-0.2, -0.15) is 0 Å². The van der Waals surface area contributed by atoms with Crippen LogP contribution < -0.4 is 10.9 Å². The smallest absolute Gasteiger partial charge is 0.267 e. The van der Waals surface area contributed by atoms with Crippen LogP contribution >= 0.6 is 24.0 Å². The topological polar surface area (TPSA) is 88.4 Å². The van der Waals surface area contributed by atoms with Crippen LogP contribution in [0.3, 0.4) is 0 Å². The number of thiocarbonyl (C=S) groups is 1. The van der Waals surface area contributed by atoms with Crippen molar-refractivity contribution in [2.45, 2.75) is 6.42 Å². The third-order valence-electron chi connectivity index (χ3n) is 5.47. The van der Waals surface area contributed by atoms with Crippen molar-refractivity contribution in [3.63, 3.8) is 0 Å². The summed E-state index contributed by atoms with van der Waals surface area (Å²) in [5.41, 5.74) is 0.651. The molecule has 2 aromatic rings. The number of hydrogen-bond donors (Lipinski definition) is 1. The van der Waals surface area contributed by atoms with Crippen LogP contribution in [0, 0.1) is 0 Å². The maximum absolute atomic E-state index is 13.3. The van der Waals surface area contributed by atoms with Crippen molar-refractivity contribution in [2.24, 2.45) is 0 Å². The number of carbonyl (C=O) groups excluding carboxylic acids is 1. The van der Waals surface area contributed by atoms with Crippen LogP contribution in [-0.2, 0) is 14.3 Å². The maximum Gasteiger partial charge on any atom is 0.267 e. The third-order valence-corrected chi connectivity index (χ3v) is 6.85. The van der Waals surface area contributed by atoms with E-state index in [1.165, 1.54) is 16.2 Å². The number of methoxy groups -OCH3 is 1. The molecule has 4 rings (SSSR count). The second-order valence-corrected chi connectivity index (χ2v) is 9.34. The Morgan fingerprint density at radius 3 is 2.88 bits per heavy atom. The number of amides is 1. The van der Waals surface area contributed by atoms with Gasteiger partial charge in [0.15, 0.2) is 0 Å². The van der Waals surface area contributed by atoms with Crippen LogP contribution in [-0.4, -0.2) is 89.1 Å². The molecule has 11 heteroatoms. The van der Waals surface area contributed by atoms with Gasteiger partial charge in [-0.05, 0) is 24.6 Å². The van der Waals surface area contributed by atoms with Crippen LogP contribution in [0.5, 0.6) is 0 Å². The molecular formula is C22H27N5O4S2. The Bertz CT molecular complexity index is 1110. The highest BCUT2D eigenvalue weighted by molar-refractivity contribution is 8.26. The summed E-state index contributed by atoms with van der Waals surface area (Å²) < 4.78 is 12.4. The van der Waals surface area contributed by atoms with Gasteiger partial charge in [0.25, 0.3) is 11.5 Å². The van der Waals surface area contributed by atoms with Crippen molar-refractivity contribution in [3.8, 4) is 0 Å². The summed E-state index contributed by atoms with van der Waals surface area (Å²) in [5, 5.41) is 3.31. The lowest BCUT2D eigenvalue weighted by Gasteiger charge is -2.26. The molecule has 0 atom stereocenters. The number of pyridine rings is 1. The normalized spacial score (nSPS) is 18.6. The van der Waals surface area contributed by atoms with E-state index in [0.29, 0.717) is 52.4 Å². The number of ether oxygens (including phenoxy) is 2. The molecule has 2 aliphatic heterocycles. The van der Waals surface area contributed by atoms with E-state index >= 15 is 0 Å². The number of thioether (sulfide) groups is 1. The molecule has 2 aromatic heterocycles. The molecule has 0 aromatic carbocycles. The number of nitrogens with one attached hydrogen (secondary N) is 1. The molecule has 4 heterocycles. The molecule has 1 amide bonds. The van der Waals surface area contributed by atoms with Crippen LogP contribution in [0.15, 0.2) is 34.1 Å². The SMILES string of the molecule is COCCCN1C(=O)/C(=C\c2c(NCCN3CCOCC3)nc3ccccn3c2=O)SC1=S. The zero-order valence-corrected chi connectivity index (χ0v) is 20.1. The molecule has 0 saturated carbocycles. The van der Waals surface area contributed by atoms with E-state index in [9.17, 15) is 9.59 Å². The summed E-state index contributed by atoms with van der Waals surface area (Å²) in [4.78, 5) is 35.2. The van der Waals surface area contributed by atoms with Crippen LogP contribution in [0.1, 0.15) is 12.0 Å². The first-order valence-electron chi connectivity index (χ1n) is 10.9. The molecule has 2 fully saturated rings. The highest BCUT2D eigenvalue weighted by Crippen LogP contribution is 2.33. The average Bonchev–Trinajstić information content (AvgIpc) is 3.09. The first-order chi connectivity index (χ1) is 16.1. The number of fused-ring (bicyclic) bond motifs is 1. The van der Waals surface area contributed by atoms with Crippen molar-refractivity contribution >= 4 is 51.7 Å². The highest BCUT2D eigenvalue weighted by Gasteiger charge is 2.32. The molecule has 0 radical (unpaired) electrons. The Morgan fingerprint density at radius 2 is 2.09 bits per heavy atom. The lowest BCUT2D eigenvalue weighted by atomic mass is 10.2. The third kappa shape index (κ3) is 5.61. The van der Waals surface area contributed by atoms with Gasteiger partial charge in [0.2, 0.25) is 0 Å². The van der Waals surface area contributed by atoms with Gasteiger partial charge in [-0.15, -0.1) is 0 Å². The highest BCUT2D eigenvalue weighted by atomic mass is 32.2. The van der Waals surface area contributed by atoms with Crippen LogP contribution in [0.4, 0.5) is 5.82 Å². The van der Waals surface area contributed by atoms with Crippen LogP contribution in [0.2, 0.25) is 0 Å². The molecular weight excluding hydrogens is 462 g/mol. The fourth-order valence-corrected chi connectivity index (χ4v) is 5.01. The van der Waals surface area contributed by atoms with E-state index in [0.717, 1.165) is 32.8 Å². The van der Waals surface area contributed by atoms with E-state index in [4.69, 9.17) is 21.7 Å². The van der Waals surface area contributed by atoms with Gasteiger partial charge in [0, 0.05) is 52.6 Å². The Kier molecular flexibility index (Phi) is 8.10. The summed E-state index contributed by atoms with van der Waals surface area (Å²) in [6.07, 6.45) is 3.97. The summed E-state index contributed by atoms with van der Waals surface area (Å²) in [6.45, 7) is 5.68. The molecule has 2 aliphatic rings. The summed E-state index contributed by atoms with van der Waals surface area (Å²) in [6, 6.07) is 5.40. The van der Waals surface area contributed by atoms with E-state index in [2.05, 4.69) is 15.2 Å². The molecule has 0 aliphatic carbocycles. The van der Waals surface area contributed by atoms with Gasteiger partial charge in [-0.3, -0.25) is 23.8 Å². The average molecular weight is 490 g/mol. The van der Waals surface area contributed by atoms with Crippen molar-refractivity contribution in [1.82, 2.24) is 19.2 Å². The first-order valence-corrected chi connectivity index (χ1v) is 12.1. The second kappa shape index (κ2) is 11.2. The van der Waals surface area contributed by atoms with Crippen molar-refractivity contribution in [3.05, 3.63) is 45.2 Å². The Balaban J connectivity index is 1.60. The number of rotatable bonds is 9. The lowest BCUT2D eigenvalue weighted by molar-refractivity contribution is -0.122. The summed E-state index contributed by atoms with van der Waals surface area (Å²) >= 11 is 6.61. The van der Waals surface area contributed by atoms with Crippen LogP contribution in [0.25, 0.3) is 11.7 Å². The molecule has 0 spiro atoms. The van der Waals surface area contributed by atoms with Crippen molar-refractivity contribution in [1.29, 1.82) is 0 Å². The Hall–Kier alpha value is -2.31. The van der Waals surface area contributed by atoms with E-state index in [-0.39, 0.29) is 11.5 Å². The van der Waals surface area contributed by atoms with E-state index < -0.39 is 0 Å². The van der Waals surface area contributed by atoms with Gasteiger partial charge < -0.3 is 14.8 Å². The number of carbonyl (C=O) groups is 1. The second-order valence-electron chi connectivity index (χ2n) is 7.67. The number of morpholine rings is 1. The molecule has 33 heavy (non-hydrogen) atoms. The fourth-order valence-electron chi connectivity index (χ4n) is 3.72. The predicted molar refractivity (Wildman–Crippen MR) is 134 cm³/mol. The molecule has 0 unspecified atom stereocenters. The number of hydrogen-bond acceptors (Lipinski definition) is 9. The van der Waals surface area contributed by atoms with Gasteiger partial charge in [0.1, 0.15) is 15.8 Å². The zero-order chi connectivity index (χ0) is 23.2. The molecule has 0 bridgehead atoms. The molecule has 176 valence electrons. The Labute approximate surface area is 201 Å². The monoisotopic (exact) mass is 489 g/mol. The summed E-state index contributed by atoms with van der Waals surface area (Å²) in [5.74, 6) is 0.266. The standard InChI is InChI=1S/C22H27N5O4S2/c1-30-12-4-8-27-21(29)17(33-22(27)32)15-16-19(23-6-9-25-10-13-31-14-11-25)24-18-5-2-3-7-26(18)20(16)28/h2-3,5,7,15,23H,4,6,8-14H2,1H3/b17-15+. The quantitative estimate of drug-likeness (QED) is 0.321. The molecule has 9 nitrogen and oxygen atoms in total. The number of aromatic nitrogens is 2. The van der Waals surface area contributed by atoms with Gasteiger partial charge in [-0.1, -0.05) is 30.0 Å². The van der Waals surface area contributed by atoms with Crippen molar-refractivity contribution in [2.75, 3.05) is 65.0 Å².